The molecule has 1 unspecified atom stereocenters. The molecule has 2 heterocycles. The number of nitrogen functional groups attached to an aromatic ring is 1. The molecule has 1 saturated heterocycles. The van der Waals surface area contributed by atoms with Gasteiger partial charge >= 0.3 is 0 Å². The fourth-order valence-corrected chi connectivity index (χ4v) is 2.14. The van der Waals surface area contributed by atoms with Crippen molar-refractivity contribution in [1.29, 1.82) is 0 Å². The van der Waals surface area contributed by atoms with Gasteiger partial charge in [0.05, 0.1) is 12.2 Å². The average molecular weight is 272 g/mol. The van der Waals surface area contributed by atoms with Crippen LogP contribution in [0.25, 0.3) is 0 Å². The number of rotatable bonds is 3. The molecule has 0 aliphatic carbocycles. The molecule has 6 heteroatoms. The molecule has 2 N–H and O–H groups in total. The van der Waals surface area contributed by atoms with Gasteiger partial charge in [0, 0.05) is 44.2 Å². The van der Waals surface area contributed by atoms with Crippen LogP contribution in [0.5, 0.6) is 0 Å². The van der Waals surface area contributed by atoms with Gasteiger partial charge in [-0.05, 0) is 12.5 Å². The Morgan fingerprint density at radius 1 is 1.67 bits per heavy atom. The van der Waals surface area contributed by atoms with E-state index in [0.717, 1.165) is 19.5 Å². The van der Waals surface area contributed by atoms with E-state index in [4.69, 9.17) is 10.5 Å². The molecule has 18 heavy (non-hydrogen) atoms. The highest BCUT2D eigenvalue weighted by molar-refractivity contribution is 5.98. The molecule has 2 rings (SSSR count). The summed E-state index contributed by atoms with van der Waals surface area (Å²) in [5, 5.41) is 0. The van der Waals surface area contributed by atoms with Crippen molar-refractivity contribution >= 4 is 24.0 Å². The fraction of sp³-hybridized carbons (Fsp3) is 0.500. The van der Waals surface area contributed by atoms with E-state index >= 15 is 0 Å². The Kier molecular flexibility index (Phi) is 5.37. The van der Waals surface area contributed by atoms with E-state index < -0.39 is 0 Å². The van der Waals surface area contributed by atoms with E-state index in [2.05, 4.69) is 4.98 Å². The molecule has 1 aromatic heterocycles. The van der Waals surface area contributed by atoms with Gasteiger partial charge in [-0.2, -0.15) is 0 Å². The second kappa shape index (κ2) is 6.56. The molecule has 1 fully saturated rings. The maximum absolute atomic E-state index is 12.2. The summed E-state index contributed by atoms with van der Waals surface area (Å²) in [6, 6.07) is 1.65. The summed E-state index contributed by atoms with van der Waals surface area (Å²) in [6.45, 7) is 2.20. The fourth-order valence-electron chi connectivity index (χ4n) is 2.14. The molecule has 1 aliphatic heterocycles. The van der Waals surface area contributed by atoms with E-state index in [1.54, 1.807) is 19.4 Å². The van der Waals surface area contributed by atoms with Crippen molar-refractivity contribution in [2.75, 3.05) is 32.5 Å². The van der Waals surface area contributed by atoms with Crippen LogP contribution in [0.15, 0.2) is 18.5 Å². The van der Waals surface area contributed by atoms with Crippen LogP contribution in [0.2, 0.25) is 0 Å². The van der Waals surface area contributed by atoms with Crippen molar-refractivity contribution in [2.24, 2.45) is 5.92 Å². The summed E-state index contributed by atoms with van der Waals surface area (Å²) >= 11 is 0. The van der Waals surface area contributed by atoms with Crippen LogP contribution in [0, 0.1) is 5.92 Å². The SMILES string of the molecule is COCC1CCN(C(=O)c2cnccc2N)C1.Cl. The number of aromatic nitrogens is 1. The summed E-state index contributed by atoms with van der Waals surface area (Å²) in [7, 11) is 1.68. The molecule has 0 spiro atoms. The van der Waals surface area contributed by atoms with Gasteiger partial charge in [0.1, 0.15) is 0 Å². The Morgan fingerprint density at radius 2 is 2.44 bits per heavy atom. The van der Waals surface area contributed by atoms with Crippen LogP contribution in [-0.4, -0.2) is 42.6 Å². The lowest BCUT2D eigenvalue weighted by Gasteiger charge is -2.17. The summed E-state index contributed by atoms with van der Waals surface area (Å²) in [5.41, 5.74) is 6.75. The monoisotopic (exact) mass is 271 g/mol. The Balaban J connectivity index is 0.00000162. The number of hydrogen-bond acceptors (Lipinski definition) is 4. The summed E-state index contributed by atoms with van der Waals surface area (Å²) in [5.74, 6) is 0.399. The van der Waals surface area contributed by atoms with Gasteiger partial charge < -0.3 is 15.4 Å². The Labute approximate surface area is 113 Å². The third-order valence-corrected chi connectivity index (χ3v) is 3.06. The quantitative estimate of drug-likeness (QED) is 0.897. The number of halogens is 1. The van der Waals surface area contributed by atoms with Crippen molar-refractivity contribution in [2.45, 2.75) is 6.42 Å². The molecular formula is C12H18ClN3O2. The molecule has 1 aliphatic rings. The first-order chi connectivity index (χ1) is 8.22. The van der Waals surface area contributed by atoms with Crippen molar-refractivity contribution in [3.05, 3.63) is 24.0 Å². The van der Waals surface area contributed by atoms with Gasteiger partial charge in [0.2, 0.25) is 0 Å². The van der Waals surface area contributed by atoms with E-state index in [1.807, 2.05) is 4.90 Å². The van der Waals surface area contributed by atoms with Gasteiger partial charge in [-0.25, -0.2) is 0 Å². The standard InChI is InChI=1S/C12H17N3O2.ClH/c1-17-8-9-3-5-15(7-9)12(16)10-6-14-4-2-11(10)13;/h2,4,6,9H,3,5,7-8H2,1H3,(H2,13,14);1H. The van der Waals surface area contributed by atoms with E-state index in [-0.39, 0.29) is 18.3 Å². The Morgan fingerprint density at radius 3 is 3.11 bits per heavy atom. The minimum atomic E-state index is -0.0331. The number of methoxy groups -OCH3 is 1. The third kappa shape index (κ3) is 3.11. The number of nitrogens with two attached hydrogens (primary N) is 1. The predicted octanol–water partition coefficient (Wildman–Crippen LogP) is 1.19. The second-order valence-corrected chi connectivity index (χ2v) is 4.32. The summed E-state index contributed by atoms with van der Waals surface area (Å²) < 4.78 is 5.11. The van der Waals surface area contributed by atoms with Gasteiger partial charge in [-0.1, -0.05) is 0 Å². The van der Waals surface area contributed by atoms with Crippen LogP contribution < -0.4 is 5.73 Å². The highest BCUT2D eigenvalue weighted by Crippen LogP contribution is 2.20. The third-order valence-electron chi connectivity index (χ3n) is 3.06. The first kappa shape index (κ1) is 14.7. The smallest absolute Gasteiger partial charge is 0.257 e. The number of carbonyl (C=O) groups is 1. The maximum Gasteiger partial charge on any atom is 0.257 e. The molecule has 1 atom stereocenters. The highest BCUT2D eigenvalue weighted by Gasteiger charge is 2.27. The molecule has 0 aromatic carbocycles. The number of nitrogens with zero attached hydrogens (tertiary/aromatic N) is 2. The van der Waals surface area contributed by atoms with Gasteiger partial charge in [0.15, 0.2) is 0 Å². The van der Waals surface area contributed by atoms with Gasteiger partial charge in [0.25, 0.3) is 5.91 Å². The molecule has 5 nitrogen and oxygen atoms in total. The average Bonchev–Trinajstić information content (AvgIpc) is 2.78. The normalized spacial score (nSPS) is 18.5. The molecule has 1 amide bonds. The van der Waals surface area contributed by atoms with Crippen molar-refractivity contribution < 1.29 is 9.53 Å². The van der Waals surface area contributed by atoms with Crippen LogP contribution in [0.3, 0.4) is 0 Å². The number of amides is 1. The van der Waals surface area contributed by atoms with Crippen LogP contribution in [0.1, 0.15) is 16.8 Å². The lowest BCUT2D eigenvalue weighted by atomic mass is 10.1. The lowest BCUT2D eigenvalue weighted by molar-refractivity contribution is 0.0776. The highest BCUT2D eigenvalue weighted by atomic mass is 35.5. The minimum Gasteiger partial charge on any atom is -0.398 e. The molecule has 1 aromatic rings. The Hall–Kier alpha value is -1.33. The van der Waals surface area contributed by atoms with E-state index in [9.17, 15) is 4.79 Å². The van der Waals surface area contributed by atoms with Crippen LogP contribution in [-0.2, 0) is 4.74 Å². The van der Waals surface area contributed by atoms with E-state index in [1.165, 1.54) is 6.20 Å². The zero-order chi connectivity index (χ0) is 12.3. The number of likely N-dealkylation sites (tertiary alicyclic amines) is 1. The minimum absolute atomic E-state index is 0. The van der Waals surface area contributed by atoms with Gasteiger partial charge in [-0.15, -0.1) is 12.4 Å². The van der Waals surface area contributed by atoms with Crippen molar-refractivity contribution in [3.63, 3.8) is 0 Å². The summed E-state index contributed by atoms with van der Waals surface area (Å²) in [6.07, 6.45) is 4.10. The van der Waals surface area contributed by atoms with Crippen LogP contribution in [0.4, 0.5) is 5.69 Å². The molecule has 0 saturated carbocycles. The molecule has 100 valence electrons. The number of pyridine rings is 1. The lowest BCUT2D eigenvalue weighted by Crippen LogP contribution is -2.30. The second-order valence-electron chi connectivity index (χ2n) is 4.32. The Bertz CT molecular complexity index is 414. The first-order valence-electron chi connectivity index (χ1n) is 5.70. The topological polar surface area (TPSA) is 68.5 Å². The molecule has 0 radical (unpaired) electrons. The zero-order valence-corrected chi connectivity index (χ0v) is 11.2. The maximum atomic E-state index is 12.2. The zero-order valence-electron chi connectivity index (χ0n) is 10.3. The number of hydrogen-bond donors (Lipinski definition) is 1. The van der Waals surface area contributed by atoms with Crippen molar-refractivity contribution in [1.82, 2.24) is 9.88 Å². The van der Waals surface area contributed by atoms with Crippen LogP contribution >= 0.6 is 12.4 Å². The number of carbonyl (C=O) groups excluding carboxylic acids is 1. The largest absolute Gasteiger partial charge is 0.398 e. The molecular weight excluding hydrogens is 254 g/mol. The number of anilines is 1. The first-order valence-corrected chi connectivity index (χ1v) is 5.70. The van der Waals surface area contributed by atoms with Gasteiger partial charge in [-0.3, -0.25) is 9.78 Å². The van der Waals surface area contributed by atoms with E-state index in [0.29, 0.717) is 23.8 Å². The predicted molar refractivity (Wildman–Crippen MR) is 71.8 cm³/mol. The number of ether oxygens (including phenoxy) is 1. The van der Waals surface area contributed by atoms with Crippen molar-refractivity contribution in [3.8, 4) is 0 Å². The summed E-state index contributed by atoms with van der Waals surface area (Å²) in [4.78, 5) is 17.9. The molecule has 0 bridgehead atoms.